The Labute approximate surface area is 192 Å². The van der Waals surface area contributed by atoms with Crippen molar-refractivity contribution in [2.24, 2.45) is 5.92 Å². The van der Waals surface area contributed by atoms with Crippen LogP contribution < -0.4 is 10.1 Å². The lowest BCUT2D eigenvalue weighted by molar-refractivity contribution is -0.126. The lowest BCUT2D eigenvalue weighted by Gasteiger charge is -2.32. The number of aryl methyl sites for hydroxylation is 1. The van der Waals surface area contributed by atoms with Crippen molar-refractivity contribution >= 4 is 15.9 Å². The zero-order chi connectivity index (χ0) is 23.0. The quantitative estimate of drug-likeness (QED) is 0.585. The molecule has 1 heterocycles. The number of hydrogen-bond acceptors (Lipinski definition) is 4. The van der Waals surface area contributed by atoms with Crippen LogP contribution in [0.15, 0.2) is 54.6 Å². The number of rotatable bonds is 10. The fourth-order valence-electron chi connectivity index (χ4n) is 4.19. The molecule has 1 fully saturated rings. The number of hydrogen-bond donors (Lipinski definition) is 1. The first-order chi connectivity index (χ1) is 15.4. The second-order valence-corrected chi connectivity index (χ2v) is 10.4. The van der Waals surface area contributed by atoms with Crippen molar-refractivity contribution in [3.8, 4) is 5.75 Å². The van der Waals surface area contributed by atoms with Gasteiger partial charge in [0.05, 0.1) is 24.8 Å². The van der Waals surface area contributed by atoms with Gasteiger partial charge < -0.3 is 10.1 Å². The second-order valence-electron chi connectivity index (χ2n) is 8.34. The number of piperidine rings is 1. The Hall–Kier alpha value is -2.38. The van der Waals surface area contributed by atoms with Crippen molar-refractivity contribution in [1.82, 2.24) is 9.62 Å². The Balaban J connectivity index is 1.55. The van der Waals surface area contributed by atoms with Crippen molar-refractivity contribution in [2.75, 3.05) is 26.0 Å². The van der Waals surface area contributed by atoms with Crippen LogP contribution in [0.25, 0.3) is 0 Å². The summed E-state index contributed by atoms with van der Waals surface area (Å²) in [6, 6.07) is 17.5. The minimum Gasteiger partial charge on any atom is -0.497 e. The molecular weight excluding hydrogens is 424 g/mol. The van der Waals surface area contributed by atoms with Crippen LogP contribution in [0.4, 0.5) is 0 Å². The van der Waals surface area contributed by atoms with Crippen molar-refractivity contribution in [1.29, 1.82) is 0 Å². The molecule has 1 aliphatic rings. The van der Waals surface area contributed by atoms with E-state index in [1.54, 1.807) is 7.11 Å². The molecule has 2 aromatic rings. The summed E-state index contributed by atoms with van der Waals surface area (Å²) in [6.45, 7) is 2.78. The Morgan fingerprint density at radius 1 is 1.16 bits per heavy atom. The highest BCUT2D eigenvalue weighted by molar-refractivity contribution is 7.89. The summed E-state index contributed by atoms with van der Waals surface area (Å²) in [7, 11) is -1.75. The number of nitrogens with zero attached hydrogens (tertiary/aromatic N) is 1. The smallest absolute Gasteiger partial charge is 0.224 e. The van der Waals surface area contributed by atoms with E-state index in [0.717, 1.165) is 29.7 Å². The third-order valence-electron chi connectivity index (χ3n) is 6.10. The Kier molecular flexibility index (Phi) is 8.70. The molecule has 0 radical (unpaired) electrons. The Bertz CT molecular complexity index is 961. The number of benzene rings is 2. The molecule has 32 heavy (non-hydrogen) atoms. The van der Waals surface area contributed by atoms with E-state index in [1.165, 1.54) is 4.31 Å². The summed E-state index contributed by atoms with van der Waals surface area (Å²) in [5.74, 6) is 0.492. The summed E-state index contributed by atoms with van der Waals surface area (Å²) in [6.07, 6.45) is 3.48. The molecule has 0 unspecified atom stereocenters. The molecule has 1 N–H and O–H groups in total. The molecule has 2 atom stereocenters. The zero-order valence-corrected chi connectivity index (χ0v) is 19.8. The number of sulfonamides is 1. The average Bonchev–Trinajstić information content (AvgIpc) is 2.83. The summed E-state index contributed by atoms with van der Waals surface area (Å²) in [5, 5.41) is 3.13. The van der Waals surface area contributed by atoms with E-state index in [4.69, 9.17) is 4.74 Å². The lowest BCUT2D eigenvalue weighted by Crippen LogP contribution is -2.46. The highest BCUT2D eigenvalue weighted by Gasteiger charge is 2.32. The monoisotopic (exact) mass is 458 g/mol. The molecule has 2 aromatic carbocycles. The molecule has 1 saturated heterocycles. The van der Waals surface area contributed by atoms with E-state index in [1.807, 2.05) is 61.5 Å². The van der Waals surface area contributed by atoms with Crippen molar-refractivity contribution in [3.05, 3.63) is 65.7 Å². The number of carbonyl (C=O) groups excluding carboxylic acids is 1. The van der Waals surface area contributed by atoms with E-state index in [-0.39, 0.29) is 30.2 Å². The maximum Gasteiger partial charge on any atom is 0.224 e. The molecule has 1 aliphatic heterocycles. The van der Waals surface area contributed by atoms with Crippen LogP contribution in [0.2, 0.25) is 0 Å². The van der Waals surface area contributed by atoms with Crippen molar-refractivity contribution < 1.29 is 17.9 Å². The van der Waals surface area contributed by atoms with E-state index in [2.05, 4.69) is 5.32 Å². The van der Waals surface area contributed by atoms with Crippen LogP contribution in [0.3, 0.4) is 0 Å². The average molecular weight is 459 g/mol. The maximum atomic E-state index is 13.0. The maximum absolute atomic E-state index is 13.0. The van der Waals surface area contributed by atoms with Gasteiger partial charge in [0.25, 0.3) is 0 Å². The third-order valence-corrected chi connectivity index (χ3v) is 8.02. The summed E-state index contributed by atoms with van der Waals surface area (Å²) >= 11 is 0. The van der Waals surface area contributed by atoms with Gasteiger partial charge in [0, 0.05) is 13.1 Å². The fourth-order valence-corrected chi connectivity index (χ4v) is 5.77. The van der Waals surface area contributed by atoms with Crippen LogP contribution in [-0.2, 0) is 21.2 Å². The SMILES string of the molecule is CC[C@@H](NC(=O)[C@@H]1CCCN(S(=O)(=O)CCCc2ccccc2)C1)c1ccc(OC)cc1. The van der Waals surface area contributed by atoms with Crippen LogP contribution >= 0.6 is 0 Å². The van der Waals surface area contributed by atoms with Gasteiger partial charge in [-0.2, -0.15) is 0 Å². The van der Waals surface area contributed by atoms with Crippen LogP contribution in [0.1, 0.15) is 49.8 Å². The van der Waals surface area contributed by atoms with Gasteiger partial charge in [-0.3, -0.25) is 4.79 Å². The van der Waals surface area contributed by atoms with E-state index in [9.17, 15) is 13.2 Å². The van der Waals surface area contributed by atoms with Crippen LogP contribution in [0.5, 0.6) is 5.75 Å². The Morgan fingerprint density at radius 3 is 2.53 bits per heavy atom. The molecule has 3 rings (SSSR count). The third kappa shape index (κ3) is 6.56. The molecule has 0 spiro atoms. The number of methoxy groups -OCH3 is 1. The highest BCUT2D eigenvalue weighted by atomic mass is 32.2. The van der Waals surface area contributed by atoms with Gasteiger partial charge in [0.2, 0.25) is 15.9 Å². The first kappa shape index (κ1) is 24.3. The zero-order valence-electron chi connectivity index (χ0n) is 19.0. The van der Waals surface area contributed by atoms with Crippen LogP contribution in [0, 0.1) is 5.92 Å². The summed E-state index contributed by atoms with van der Waals surface area (Å²) in [5.41, 5.74) is 2.16. The molecule has 0 aromatic heterocycles. The molecule has 174 valence electrons. The predicted molar refractivity (Wildman–Crippen MR) is 127 cm³/mol. The van der Waals surface area contributed by atoms with Gasteiger partial charge >= 0.3 is 0 Å². The molecule has 0 bridgehead atoms. The summed E-state index contributed by atoms with van der Waals surface area (Å²) in [4.78, 5) is 13.0. The molecule has 1 amide bonds. The second kappa shape index (κ2) is 11.5. The summed E-state index contributed by atoms with van der Waals surface area (Å²) < 4.78 is 32.5. The van der Waals surface area contributed by atoms with Crippen LogP contribution in [-0.4, -0.2) is 44.6 Å². The topological polar surface area (TPSA) is 75.7 Å². The largest absolute Gasteiger partial charge is 0.497 e. The molecular formula is C25H34N2O4S. The number of nitrogens with one attached hydrogen (secondary N) is 1. The van der Waals surface area contributed by atoms with Gasteiger partial charge in [-0.1, -0.05) is 49.4 Å². The number of amides is 1. The standard InChI is InChI=1S/C25H34N2O4S/c1-3-24(21-13-15-23(31-2)16-14-21)26-25(28)22-12-7-17-27(19-22)32(29,30)18-8-11-20-9-5-4-6-10-20/h4-6,9-10,13-16,22,24H,3,7-8,11-12,17-19H2,1-2H3,(H,26,28)/t22-,24-/m1/s1. The minimum absolute atomic E-state index is 0.0724. The van der Waals surface area contributed by atoms with Gasteiger partial charge in [-0.25, -0.2) is 12.7 Å². The lowest BCUT2D eigenvalue weighted by atomic mass is 9.97. The normalized spacial score (nSPS) is 18.1. The molecule has 7 heteroatoms. The van der Waals surface area contributed by atoms with Gasteiger partial charge in [-0.15, -0.1) is 0 Å². The highest BCUT2D eigenvalue weighted by Crippen LogP contribution is 2.24. The minimum atomic E-state index is -3.37. The first-order valence-electron chi connectivity index (χ1n) is 11.4. The Morgan fingerprint density at radius 2 is 1.88 bits per heavy atom. The van der Waals surface area contributed by atoms with Gasteiger partial charge in [-0.05, 0) is 55.4 Å². The van der Waals surface area contributed by atoms with Crippen molar-refractivity contribution in [2.45, 2.75) is 45.1 Å². The van der Waals surface area contributed by atoms with E-state index < -0.39 is 10.0 Å². The van der Waals surface area contributed by atoms with Gasteiger partial charge in [0.1, 0.15) is 5.75 Å². The van der Waals surface area contributed by atoms with Crippen molar-refractivity contribution in [3.63, 3.8) is 0 Å². The molecule has 0 saturated carbocycles. The fraction of sp³-hybridized carbons (Fsp3) is 0.480. The predicted octanol–water partition coefficient (Wildman–Crippen LogP) is 3.94. The van der Waals surface area contributed by atoms with E-state index in [0.29, 0.717) is 25.8 Å². The molecule has 6 nitrogen and oxygen atoms in total. The van der Waals surface area contributed by atoms with E-state index >= 15 is 0 Å². The first-order valence-corrected chi connectivity index (χ1v) is 13.0. The number of ether oxygens (including phenoxy) is 1. The molecule has 0 aliphatic carbocycles. The van der Waals surface area contributed by atoms with Gasteiger partial charge in [0.15, 0.2) is 0 Å². The number of carbonyl (C=O) groups is 1.